The second-order valence-electron chi connectivity index (χ2n) is 10.6. The highest BCUT2D eigenvalue weighted by atomic mass is 35.5. The van der Waals surface area contributed by atoms with Gasteiger partial charge in [0.1, 0.15) is 34.3 Å². The van der Waals surface area contributed by atoms with Gasteiger partial charge in [0.15, 0.2) is 10.8 Å². The molecule has 18 nitrogen and oxygen atoms in total. The van der Waals surface area contributed by atoms with Crippen molar-refractivity contribution in [1.29, 1.82) is 0 Å². The molecular formula is C25H31ClN8O10S2. The molecule has 0 aliphatic carbocycles. The first-order valence-electron chi connectivity index (χ1n) is 13.5. The Morgan fingerprint density at radius 2 is 2.02 bits per heavy atom. The maximum absolute atomic E-state index is 13.3. The number of halogens is 1. The minimum atomic E-state index is -5.04. The lowest BCUT2D eigenvalue weighted by Gasteiger charge is -2.50. The Labute approximate surface area is 271 Å². The third-order valence-corrected chi connectivity index (χ3v) is 8.27. The molecule has 0 unspecified atom stereocenters. The zero-order valence-electron chi connectivity index (χ0n) is 24.4. The number of carboxylic acid groups (broad SMARTS) is 1. The van der Waals surface area contributed by atoms with Crippen molar-refractivity contribution >= 4 is 67.8 Å². The molecule has 46 heavy (non-hydrogen) atoms. The minimum absolute atomic E-state index is 0.0593. The van der Waals surface area contributed by atoms with E-state index in [0.717, 1.165) is 37.3 Å². The summed E-state index contributed by atoms with van der Waals surface area (Å²) >= 11 is 6.95. The third kappa shape index (κ3) is 8.39. The molecule has 21 heteroatoms. The number of thiazole rings is 1. The van der Waals surface area contributed by atoms with E-state index in [9.17, 15) is 27.9 Å². The number of piperidine rings is 1. The SMILES string of the molecule is CC1(C)[C@H](NC(=O)/C(=N\O[C@@H](COc2ccc(C(N)=N[C@@H]3CCCNC3)cc2)C(=O)O)c2nc(N)sc2Cl)C(=O)N1OS(=O)(=O)O. The number of amidine groups is 1. The molecule has 2 amide bonds. The Hall–Kier alpha value is -4.08. The molecule has 0 radical (unpaired) electrons. The second kappa shape index (κ2) is 14.1. The number of nitrogens with two attached hydrogens (primary N) is 2. The van der Waals surface area contributed by atoms with Crippen LogP contribution in [0.2, 0.25) is 4.34 Å². The number of carbonyl (C=O) groups excluding carboxylic acids is 2. The molecule has 3 heterocycles. The van der Waals surface area contributed by atoms with Crippen molar-refractivity contribution in [2.24, 2.45) is 15.9 Å². The monoisotopic (exact) mass is 702 g/mol. The fourth-order valence-electron chi connectivity index (χ4n) is 4.45. The predicted molar refractivity (Wildman–Crippen MR) is 165 cm³/mol. The quantitative estimate of drug-likeness (QED) is 0.0524. The molecule has 0 bridgehead atoms. The number of aliphatic imine (C=N–C) groups is 1. The number of oxime groups is 1. The molecule has 3 atom stereocenters. The second-order valence-corrected chi connectivity index (χ2v) is 13.2. The van der Waals surface area contributed by atoms with Crippen LogP contribution in [-0.2, 0) is 33.9 Å². The molecule has 250 valence electrons. The van der Waals surface area contributed by atoms with Gasteiger partial charge in [0.2, 0.25) is 0 Å². The van der Waals surface area contributed by atoms with E-state index < -0.39 is 58.2 Å². The van der Waals surface area contributed by atoms with Crippen LogP contribution in [0, 0.1) is 0 Å². The van der Waals surface area contributed by atoms with Gasteiger partial charge in [-0.1, -0.05) is 28.1 Å². The summed E-state index contributed by atoms with van der Waals surface area (Å²) in [6, 6.07) is 5.19. The number of nitrogens with one attached hydrogen (secondary N) is 2. The smallest absolute Gasteiger partial charge is 0.418 e. The van der Waals surface area contributed by atoms with Gasteiger partial charge >= 0.3 is 16.4 Å². The van der Waals surface area contributed by atoms with Crippen LogP contribution < -0.4 is 26.8 Å². The van der Waals surface area contributed by atoms with Crippen molar-refractivity contribution < 1.29 is 46.3 Å². The number of ether oxygens (including phenoxy) is 1. The Morgan fingerprint density at radius 3 is 2.57 bits per heavy atom. The number of carbonyl (C=O) groups is 3. The van der Waals surface area contributed by atoms with E-state index in [1.807, 2.05) is 0 Å². The van der Waals surface area contributed by atoms with E-state index in [2.05, 4.69) is 30.0 Å². The Bertz CT molecular complexity index is 1640. The number of carboxylic acids is 1. The largest absolute Gasteiger partial charge is 0.489 e. The first kappa shape index (κ1) is 34.8. The molecule has 0 saturated carbocycles. The Kier molecular flexibility index (Phi) is 10.7. The molecule has 2 saturated heterocycles. The van der Waals surface area contributed by atoms with Crippen molar-refractivity contribution in [3.63, 3.8) is 0 Å². The topological polar surface area (TPSA) is 270 Å². The summed E-state index contributed by atoms with van der Waals surface area (Å²) in [6.07, 6.45) is 0.206. The van der Waals surface area contributed by atoms with Crippen LogP contribution in [0.5, 0.6) is 5.75 Å². The molecule has 1 aromatic carbocycles. The molecule has 2 aromatic rings. The van der Waals surface area contributed by atoms with Crippen LogP contribution >= 0.6 is 22.9 Å². The average molecular weight is 703 g/mol. The van der Waals surface area contributed by atoms with Crippen molar-refractivity contribution in [1.82, 2.24) is 20.7 Å². The standard InChI is InChI=1S/C25H31ClN8O10S2/c1-25(2)18(22(36)34(25)44-46(39,40)41)32-21(35)17(16-19(26)45-24(28)31-16)33-43-15(23(37)38)11-42-14-7-5-12(6-8-14)20(27)30-13-4-3-9-29-10-13/h5-8,13,15,18,29H,3-4,9-11H2,1-2H3,(H2,27,30)(H2,28,31)(H,32,35)(H,37,38)(H,39,40,41)/b33-17-/t13-,15+,18-/m1/s1. The molecule has 8 N–H and O–H groups in total. The molecule has 0 spiro atoms. The summed E-state index contributed by atoms with van der Waals surface area (Å²) in [6.45, 7) is 3.82. The lowest BCUT2D eigenvalue weighted by Crippen LogP contribution is -2.76. The lowest BCUT2D eigenvalue weighted by atomic mass is 9.84. The van der Waals surface area contributed by atoms with Crippen LogP contribution in [0.15, 0.2) is 34.4 Å². The molecule has 2 aliphatic rings. The number of nitrogen functional groups attached to an aromatic ring is 1. The Balaban J connectivity index is 1.46. The summed E-state index contributed by atoms with van der Waals surface area (Å²) in [5.41, 5.74) is 10.1. The molecule has 2 aliphatic heterocycles. The van der Waals surface area contributed by atoms with E-state index in [1.165, 1.54) is 13.8 Å². The molecule has 2 fully saturated rings. The van der Waals surface area contributed by atoms with Gasteiger partial charge in [-0.05, 0) is 57.5 Å². The van der Waals surface area contributed by atoms with Crippen molar-refractivity contribution in [2.75, 3.05) is 25.4 Å². The summed E-state index contributed by atoms with van der Waals surface area (Å²) in [4.78, 5) is 51.4. The van der Waals surface area contributed by atoms with Crippen molar-refractivity contribution in [3.05, 3.63) is 39.9 Å². The molecule has 1 aromatic heterocycles. The van der Waals surface area contributed by atoms with Crippen LogP contribution in [-0.4, -0.2) is 101 Å². The van der Waals surface area contributed by atoms with Gasteiger partial charge in [0.25, 0.3) is 17.9 Å². The number of amides is 2. The summed E-state index contributed by atoms with van der Waals surface area (Å²) in [7, 11) is -5.04. The number of anilines is 1. The lowest BCUT2D eigenvalue weighted by molar-refractivity contribution is -0.218. The van der Waals surface area contributed by atoms with Gasteiger partial charge < -0.3 is 36.8 Å². The van der Waals surface area contributed by atoms with E-state index >= 15 is 0 Å². The number of β-lactam (4-membered cyclic amide) rings is 1. The van der Waals surface area contributed by atoms with Crippen LogP contribution in [0.25, 0.3) is 0 Å². The van der Waals surface area contributed by atoms with Crippen molar-refractivity contribution in [2.45, 2.75) is 50.4 Å². The highest BCUT2D eigenvalue weighted by Gasteiger charge is 2.58. The van der Waals surface area contributed by atoms with Gasteiger partial charge in [-0.25, -0.2) is 9.78 Å². The maximum Gasteiger partial charge on any atom is 0.418 e. The summed E-state index contributed by atoms with van der Waals surface area (Å²) in [5.74, 6) is -2.98. The van der Waals surface area contributed by atoms with E-state index in [1.54, 1.807) is 24.3 Å². The van der Waals surface area contributed by atoms with Gasteiger partial charge in [-0.15, -0.1) is 4.28 Å². The highest BCUT2D eigenvalue weighted by molar-refractivity contribution is 7.80. The number of aliphatic carboxylic acids is 1. The van der Waals surface area contributed by atoms with Crippen molar-refractivity contribution in [3.8, 4) is 5.75 Å². The number of hydrogen-bond donors (Lipinski definition) is 6. The van der Waals surface area contributed by atoms with Crippen LogP contribution in [0.4, 0.5) is 5.13 Å². The minimum Gasteiger partial charge on any atom is -0.489 e. The van der Waals surface area contributed by atoms with Gasteiger partial charge in [0.05, 0.1) is 11.6 Å². The number of hydrogen-bond acceptors (Lipinski definition) is 14. The number of benzene rings is 1. The zero-order valence-corrected chi connectivity index (χ0v) is 26.8. The van der Waals surface area contributed by atoms with E-state index in [-0.39, 0.29) is 27.0 Å². The summed E-state index contributed by atoms with van der Waals surface area (Å²) < 4.78 is 40.9. The number of aromatic nitrogens is 1. The van der Waals surface area contributed by atoms with Gasteiger partial charge in [-0.2, -0.15) is 13.5 Å². The zero-order chi connectivity index (χ0) is 33.8. The van der Waals surface area contributed by atoms with Crippen LogP contribution in [0.3, 0.4) is 0 Å². The Morgan fingerprint density at radius 1 is 1.33 bits per heavy atom. The highest BCUT2D eigenvalue weighted by Crippen LogP contribution is 2.33. The normalized spacial score (nSPS) is 20.9. The number of rotatable bonds is 13. The van der Waals surface area contributed by atoms with Crippen LogP contribution in [0.1, 0.15) is 37.9 Å². The fourth-order valence-corrected chi connectivity index (χ4v) is 5.83. The first-order valence-corrected chi connectivity index (χ1v) is 16.1. The van der Waals surface area contributed by atoms with E-state index in [4.69, 9.17) is 37.2 Å². The first-order chi connectivity index (χ1) is 21.6. The average Bonchev–Trinajstić information content (AvgIpc) is 3.33. The maximum atomic E-state index is 13.3. The molecule has 4 rings (SSSR count). The van der Waals surface area contributed by atoms with E-state index in [0.29, 0.717) is 16.5 Å². The van der Waals surface area contributed by atoms with Gasteiger partial charge in [-0.3, -0.25) is 19.1 Å². The third-order valence-electron chi connectivity index (χ3n) is 6.85. The summed E-state index contributed by atoms with van der Waals surface area (Å²) in [5, 5.41) is 19.3. The number of nitrogens with zero attached hydrogens (tertiary/aromatic N) is 4. The molecular weight excluding hydrogens is 672 g/mol. The predicted octanol–water partition coefficient (Wildman–Crippen LogP) is -0.0711. The fraction of sp³-hybridized carbons (Fsp3) is 0.440. The number of hydroxylamine groups is 2. The van der Waals surface area contributed by atoms with Gasteiger partial charge in [0, 0.05) is 12.1 Å².